The summed E-state index contributed by atoms with van der Waals surface area (Å²) in [4.78, 5) is 0. The van der Waals surface area contributed by atoms with Crippen LogP contribution in [-0.2, 0) is 0 Å². The minimum absolute atomic E-state index is 0.948. The Morgan fingerprint density at radius 2 is 1.12 bits per heavy atom. The average Bonchev–Trinajstić information content (AvgIpc) is 2.29. The van der Waals surface area contributed by atoms with E-state index in [1.807, 2.05) is 0 Å². The van der Waals surface area contributed by atoms with Crippen LogP contribution >= 0.6 is 0 Å². The zero-order valence-corrected chi connectivity index (χ0v) is 8.08. The summed E-state index contributed by atoms with van der Waals surface area (Å²) in [5.41, 5.74) is 3.25. The van der Waals surface area contributed by atoms with Gasteiger partial charge in [-0.2, -0.15) is 0 Å². The molecule has 17 heavy (non-hydrogen) atoms. The molecule has 2 N–H and O–H groups in total. The van der Waals surface area contributed by atoms with Gasteiger partial charge in [0, 0.05) is 12.1 Å². The van der Waals surface area contributed by atoms with Crippen LogP contribution in [0.5, 0.6) is 0 Å². The smallest absolute Gasteiger partial charge is 0.246 e. The molecule has 0 aromatic heterocycles. The summed E-state index contributed by atoms with van der Waals surface area (Å²) in [7, 11) is 0. The van der Waals surface area contributed by atoms with Gasteiger partial charge in [0.25, 0.3) is 0 Å². The van der Waals surface area contributed by atoms with Crippen LogP contribution in [0.2, 0.25) is 0 Å². The maximum Gasteiger partial charge on any atom is 0.246 e. The molecule has 0 bridgehead atoms. The minimum atomic E-state index is -3.34. The standard InChI is InChI=1S/C9H6F7N/c10-4-3(2(1-17)9(15)16)5(11)7(13)8(14)6(4)12/h2,9H,1,17H2. The van der Waals surface area contributed by atoms with Gasteiger partial charge < -0.3 is 5.73 Å². The second-order valence-corrected chi connectivity index (χ2v) is 3.16. The van der Waals surface area contributed by atoms with E-state index >= 15 is 0 Å². The highest BCUT2D eigenvalue weighted by Gasteiger charge is 2.33. The van der Waals surface area contributed by atoms with Crippen molar-refractivity contribution in [3.63, 3.8) is 0 Å². The molecule has 0 aliphatic carbocycles. The van der Waals surface area contributed by atoms with Crippen molar-refractivity contribution in [1.29, 1.82) is 0 Å². The van der Waals surface area contributed by atoms with Gasteiger partial charge in [-0.1, -0.05) is 0 Å². The van der Waals surface area contributed by atoms with Crippen LogP contribution in [0.3, 0.4) is 0 Å². The molecule has 1 aromatic carbocycles. The van der Waals surface area contributed by atoms with E-state index in [1.165, 1.54) is 0 Å². The van der Waals surface area contributed by atoms with Gasteiger partial charge >= 0.3 is 0 Å². The van der Waals surface area contributed by atoms with E-state index in [4.69, 9.17) is 5.73 Å². The lowest BCUT2D eigenvalue weighted by Crippen LogP contribution is -2.24. The Bertz CT molecular complexity index is 403. The summed E-state index contributed by atoms with van der Waals surface area (Å²) < 4.78 is 88.9. The van der Waals surface area contributed by atoms with Crippen molar-refractivity contribution in [2.75, 3.05) is 6.54 Å². The third kappa shape index (κ3) is 2.21. The molecule has 1 aromatic rings. The Morgan fingerprint density at radius 1 is 0.765 bits per heavy atom. The van der Waals surface area contributed by atoms with E-state index in [0.717, 1.165) is 0 Å². The molecule has 0 aliphatic rings. The lowest BCUT2D eigenvalue weighted by molar-refractivity contribution is 0.112. The normalized spacial score (nSPS) is 13.2. The first kappa shape index (κ1) is 13.8. The van der Waals surface area contributed by atoms with Crippen molar-refractivity contribution < 1.29 is 30.7 Å². The highest BCUT2D eigenvalue weighted by atomic mass is 19.3. The Balaban J connectivity index is 3.53. The Morgan fingerprint density at radius 3 is 1.41 bits per heavy atom. The van der Waals surface area contributed by atoms with Gasteiger partial charge in [0.05, 0.1) is 5.92 Å². The first-order chi connectivity index (χ1) is 7.82. The molecule has 1 nitrogen and oxygen atoms in total. The monoisotopic (exact) mass is 261 g/mol. The molecule has 96 valence electrons. The van der Waals surface area contributed by atoms with Gasteiger partial charge in [0.2, 0.25) is 12.2 Å². The van der Waals surface area contributed by atoms with Crippen LogP contribution in [0.4, 0.5) is 30.7 Å². The summed E-state index contributed by atoms with van der Waals surface area (Å²) in [6, 6.07) is 0. The first-order valence-electron chi connectivity index (χ1n) is 4.32. The molecule has 8 heteroatoms. The predicted molar refractivity (Wildman–Crippen MR) is 44.0 cm³/mol. The second-order valence-electron chi connectivity index (χ2n) is 3.16. The fourth-order valence-corrected chi connectivity index (χ4v) is 1.29. The van der Waals surface area contributed by atoms with Crippen LogP contribution in [-0.4, -0.2) is 13.0 Å². The molecule has 0 heterocycles. The van der Waals surface area contributed by atoms with Crippen molar-refractivity contribution >= 4 is 0 Å². The minimum Gasteiger partial charge on any atom is -0.330 e. The van der Waals surface area contributed by atoms with Crippen LogP contribution < -0.4 is 5.73 Å². The lowest BCUT2D eigenvalue weighted by atomic mass is 9.97. The quantitative estimate of drug-likeness (QED) is 0.505. The van der Waals surface area contributed by atoms with Crippen LogP contribution in [0.25, 0.3) is 0 Å². The van der Waals surface area contributed by atoms with Gasteiger partial charge in [-0.15, -0.1) is 0 Å². The van der Waals surface area contributed by atoms with E-state index in [0.29, 0.717) is 0 Å². The predicted octanol–water partition coefficient (Wildman–Crippen LogP) is 2.69. The molecular weight excluding hydrogens is 255 g/mol. The molecular formula is C9H6F7N. The lowest BCUT2D eigenvalue weighted by Gasteiger charge is -2.16. The van der Waals surface area contributed by atoms with Crippen molar-refractivity contribution in [3.8, 4) is 0 Å². The van der Waals surface area contributed by atoms with Crippen molar-refractivity contribution in [2.24, 2.45) is 5.73 Å². The summed E-state index contributed by atoms with van der Waals surface area (Å²) in [5.74, 6) is -13.7. The maximum absolute atomic E-state index is 13.1. The molecule has 0 amide bonds. The van der Waals surface area contributed by atoms with Gasteiger partial charge in [-0.25, -0.2) is 30.7 Å². The SMILES string of the molecule is NCC(c1c(F)c(F)c(F)c(F)c1F)C(F)F. The van der Waals surface area contributed by atoms with E-state index in [9.17, 15) is 30.7 Å². The summed E-state index contributed by atoms with van der Waals surface area (Å²) in [6.07, 6.45) is -3.34. The fraction of sp³-hybridized carbons (Fsp3) is 0.333. The third-order valence-corrected chi connectivity index (χ3v) is 2.17. The maximum atomic E-state index is 13.1. The number of alkyl halides is 2. The Labute approximate surface area is 91.0 Å². The summed E-state index contributed by atoms with van der Waals surface area (Å²) >= 11 is 0. The zero-order chi connectivity index (χ0) is 13.3. The number of rotatable bonds is 3. The number of benzene rings is 1. The molecule has 1 unspecified atom stereocenters. The van der Waals surface area contributed by atoms with Crippen molar-refractivity contribution in [1.82, 2.24) is 0 Å². The summed E-state index contributed by atoms with van der Waals surface area (Å²) in [5, 5.41) is 0. The largest absolute Gasteiger partial charge is 0.330 e. The van der Waals surface area contributed by atoms with E-state index in [1.54, 1.807) is 0 Å². The van der Waals surface area contributed by atoms with E-state index < -0.39 is 53.5 Å². The highest BCUT2D eigenvalue weighted by Crippen LogP contribution is 2.31. The Kier molecular flexibility index (Phi) is 3.97. The van der Waals surface area contributed by atoms with E-state index in [-0.39, 0.29) is 0 Å². The molecule has 0 aliphatic heterocycles. The topological polar surface area (TPSA) is 26.0 Å². The van der Waals surface area contributed by atoms with Crippen LogP contribution in [0.15, 0.2) is 0 Å². The fourth-order valence-electron chi connectivity index (χ4n) is 1.29. The number of hydrogen-bond donors (Lipinski definition) is 1. The van der Waals surface area contributed by atoms with Crippen LogP contribution in [0.1, 0.15) is 11.5 Å². The average molecular weight is 261 g/mol. The number of halogens is 7. The molecule has 0 fully saturated rings. The zero-order valence-electron chi connectivity index (χ0n) is 8.08. The first-order valence-corrected chi connectivity index (χ1v) is 4.32. The second kappa shape index (κ2) is 4.91. The van der Waals surface area contributed by atoms with Crippen molar-refractivity contribution in [2.45, 2.75) is 12.3 Å². The Hall–Kier alpha value is -1.31. The number of nitrogens with two attached hydrogens (primary N) is 1. The van der Waals surface area contributed by atoms with Crippen LogP contribution in [0, 0.1) is 29.1 Å². The molecule has 0 radical (unpaired) electrons. The number of hydrogen-bond acceptors (Lipinski definition) is 1. The van der Waals surface area contributed by atoms with Gasteiger partial charge in [-0.05, 0) is 0 Å². The molecule has 0 saturated heterocycles. The van der Waals surface area contributed by atoms with Crippen molar-refractivity contribution in [3.05, 3.63) is 34.6 Å². The molecule has 0 saturated carbocycles. The third-order valence-electron chi connectivity index (χ3n) is 2.17. The van der Waals surface area contributed by atoms with Gasteiger partial charge in [0.1, 0.15) is 0 Å². The highest BCUT2D eigenvalue weighted by molar-refractivity contribution is 5.28. The van der Waals surface area contributed by atoms with Gasteiger partial charge in [-0.3, -0.25) is 0 Å². The molecule has 0 spiro atoms. The van der Waals surface area contributed by atoms with Gasteiger partial charge in [0.15, 0.2) is 23.3 Å². The molecule has 1 rings (SSSR count). The molecule has 1 atom stereocenters. The summed E-state index contributed by atoms with van der Waals surface area (Å²) in [6.45, 7) is -0.948. The van der Waals surface area contributed by atoms with E-state index in [2.05, 4.69) is 0 Å².